The predicted octanol–water partition coefficient (Wildman–Crippen LogP) is 3.57. The quantitative estimate of drug-likeness (QED) is 0.181. The molecule has 6 aliphatic rings. The van der Waals surface area contributed by atoms with Crippen molar-refractivity contribution >= 4 is 40.4 Å². The fourth-order valence-corrected chi connectivity index (χ4v) is 10.6. The summed E-state index contributed by atoms with van der Waals surface area (Å²) < 4.78 is 12.7. The summed E-state index contributed by atoms with van der Waals surface area (Å²) in [5.74, 6) is 0.992. The maximum absolute atomic E-state index is 12.7. The molecule has 15 heteroatoms. The Morgan fingerprint density at radius 2 is 1.57 bits per heavy atom. The van der Waals surface area contributed by atoms with Gasteiger partial charge in [0.15, 0.2) is 5.82 Å². The number of nitrogen functional groups attached to an aromatic ring is 1. The number of nitrogens with one attached hydrogen (secondary N) is 1. The molecule has 5 fully saturated rings. The third-order valence-electron chi connectivity index (χ3n) is 13.7. The third-order valence-corrected chi connectivity index (χ3v) is 13.7. The number of aromatic hydroxyl groups is 1. The first-order valence-corrected chi connectivity index (χ1v) is 21.9. The van der Waals surface area contributed by atoms with Crippen LogP contribution in [0.2, 0.25) is 0 Å². The van der Waals surface area contributed by atoms with E-state index in [-0.39, 0.29) is 41.8 Å². The molecule has 2 amide bonds. The number of nitrogens with two attached hydrogens (primary N) is 1. The Hall–Kier alpha value is -5.64. The van der Waals surface area contributed by atoms with E-state index in [1.807, 2.05) is 24.3 Å². The summed E-state index contributed by atoms with van der Waals surface area (Å²) in [6, 6.07) is 23.7. The van der Waals surface area contributed by atoms with Gasteiger partial charge in [-0.3, -0.25) is 14.9 Å². The SMILES string of the molecule is Nc1nnc(-c2ccccc2O)cc1N1CC2COCC(C1)N2c1cccc(OC2CCN(CC3(O)CCN(c4cccc5c4CCN5[C@H]4CCC(=O)NC4=O)CC3)CC2)c1. The van der Waals surface area contributed by atoms with Gasteiger partial charge in [0.1, 0.15) is 23.6 Å². The number of phenols is 1. The lowest BCUT2D eigenvalue weighted by Crippen LogP contribution is -2.65. The molecule has 2 unspecified atom stereocenters. The molecule has 0 aliphatic carbocycles. The molecule has 7 heterocycles. The summed E-state index contributed by atoms with van der Waals surface area (Å²) in [5, 5.41) is 33.3. The monoisotopic (exact) mass is 829 g/mol. The molecule has 61 heavy (non-hydrogen) atoms. The van der Waals surface area contributed by atoms with Gasteiger partial charge >= 0.3 is 0 Å². The van der Waals surface area contributed by atoms with Gasteiger partial charge in [-0.05, 0) is 81.0 Å². The molecule has 4 aromatic rings. The molecular weight excluding hydrogens is 775 g/mol. The Balaban J connectivity index is 0.725. The molecule has 0 saturated carbocycles. The topological polar surface area (TPSA) is 173 Å². The summed E-state index contributed by atoms with van der Waals surface area (Å²) >= 11 is 0. The van der Waals surface area contributed by atoms with Crippen molar-refractivity contribution in [2.45, 2.75) is 74.8 Å². The maximum atomic E-state index is 12.7. The van der Waals surface area contributed by atoms with Crippen LogP contribution in [-0.4, -0.2) is 133 Å². The molecule has 5 N–H and O–H groups in total. The van der Waals surface area contributed by atoms with Crippen LogP contribution < -0.4 is 35.4 Å². The zero-order chi connectivity index (χ0) is 41.7. The number of para-hydroxylation sites is 1. The van der Waals surface area contributed by atoms with Gasteiger partial charge in [-0.2, -0.15) is 0 Å². The number of fused-ring (bicyclic) bond motifs is 3. The van der Waals surface area contributed by atoms with Gasteiger partial charge in [0.05, 0.1) is 42.3 Å². The van der Waals surface area contributed by atoms with Gasteiger partial charge in [0.2, 0.25) is 11.8 Å². The summed E-state index contributed by atoms with van der Waals surface area (Å²) in [7, 11) is 0. The summed E-state index contributed by atoms with van der Waals surface area (Å²) in [6.45, 7) is 7.30. The van der Waals surface area contributed by atoms with Crippen LogP contribution in [0.1, 0.15) is 44.1 Å². The fourth-order valence-electron chi connectivity index (χ4n) is 10.6. The minimum atomic E-state index is -0.742. The number of hydrogen-bond donors (Lipinski definition) is 4. The standard InChI is InChI=1S/C46H55N9O6/c47-44-41(24-37(49-50-44)35-7-1-2-10-42(35)56)53-25-31-27-60-28-32(26-53)55(31)30-5-3-6-34(23-30)61-33-13-18-51(19-14-33)29-46(59)16-21-52(22-17-46)38-8-4-9-39-36(38)15-20-54(39)40-11-12-43(57)48-45(40)58/h1-10,23-24,31-33,40,56,59H,11-22,25-29H2,(H2,47,50)(H,48,57,58)/t31?,32?,40-/m0/s1. The van der Waals surface area contributed by atoms with E-state index >= 15 is 0 Å². The first kappa shape index (κ1) is 39.5. The number of anilines is 5. The number of amides is 2. The van der Waals surface area contributed by atoms with Gasteiger partial charge in [-0.1, -0.05) is 24.3 Å². The van der Waals surface area contributed by atoms with Crippen molar-refractivity contribution in [2.75, 3.05) is 90.9 Å². The lowest BCUT2D eigenvalue weighted by molar-refractivity contribution is -0.134. The average Bonchev–Trinajstić information content (AvgIpc) is 3.69. The average molecular weight is 830 g/mol. The number of rotatable bonds is 9. The number of morpholine rings is 1. The van der Waals surface area contributed by atoms with Crippen molar-refractivity contribution in [3.05, 3.63) is 78.4 Å². The number of carbonyl (C=O) groups is 2. The van der Waals surface area contributed by atoms with Crippen molar-refractivity contribution < 1.29 is 29.3 Å². The number of piperazine rings is 1. The molecule has 6 aliphatic heterocycles. The van der Waals surface area contributed by atoms with Crippen molar-refractivity contribution in [2.24, 2.45) is 0 Å². The Morgan fingerprint density at radius 3 is 2.34 bits per heavy atom. The summed E-state index contributed by atoms with van der Waals surface area (Å²) in [6.07, 6.45) is 5.08. The number of carbonyl (C=O) groups excluding carboxylic acids is 2. The largest absolute Gasteiger partial charge is 0.507 e. The molecule has 15 nitrogen and oxygen atoms in total. The molecule has 0 spiro atoms. The number of likely N-dealkylation sites (tertiary alicyclic amines) is 1. The highest BCUT2D eigenvalue weighted by atomic mass is 16.5. The van der Waals surface area contributed by atoms with Gasteiger partial charge in [0.25, 0.3) is 0 Å². The first-order chi connectivity index (χ1) is 29.7. The number of aromatic nitrogens is 2. The summed E-state index contributed by atoms with van der Waals surface area (Å²) in [4.78, 5) is 36.2. The van der Waals surface area contributed by atoms with Crippen LogP contribution in [0, 0.1) is 0 Å². The predicted molar refractivity (Wildman–Crippen MR) is 233 cm³/mol. The Kier molecular flexibility index (Phi) is 10.6. The number of ether oxygens (including phenoxy) is 2. The number of phenolic OH excluding ortho intramolecular Hbond substituents is 1. The molecule has 3 aromatic carbocycles. The number of nitrogens with zero attached hydrogens (tertiary/aromatic N) is 7. The van der Waals surface area contributed by atoms with Crippen molar-refractivity contribution in [1.82, 2.24) is 20.4 Å². The second kappa shape index (κ2) is 16.3. The van der Waals surface area contributed by atoms with Crippen LogP contribution >= 0.6 is 0 Å². The lowest BCUT2D eigenvalue weighted by atomic mass is 9.89. The number of imide groups is 1. The van der Waals surface area contributed by atoms with Crippen LogP contribution in [0.3, 0.4) is 0 Å². The Labute approximate surface area is 356 Å². The first-order valence-electron chi connectivity index (χ1n) is 21.9. The minimum Gasteiger partial charge on any atom is -0.507 e. The van der Waals surface area contributed by atoms with Gasteiger partial charge in [-0.25, -0.2) is 0 Å². The number of benzene rings is 3. The zero-order valence-electron chi connectivity index (χ0n) is 34.5. The molecule has 10 rings (SSSR count). The number of piperidine rings is 3. The molecule has 320 valence electrons. The third kappa shape index (κ3) is 7.90. The Morgan fingerprint density at radius 1 is 0.820 bits per heavy atom. The second-order valence-corrected chi connectivity index (χ2v) is 17.7. The maximum Gasteiger partial charge on any atom is 0.249 e. The van der Waals surface area contributed by atoms with Crippen LogP contribution in [0.4, 0.5) is 28.6 Å². The molecule has 2 bridgehead atoms. The van der Waals surface area contributed by atoms with Gasteiger partial charge < -0.3 is 49.9 Å². The highest BCUT2D eigenvalue weighted by Gasteiger charge is 2.41. The summed E-state index contributed by atoms with van der Waals surface area (Å²) in [5.41, 5.74) is 12.3. The number of aliphatic hydroxyl groups is 1. The van der Waals surface area contributed by atoms with Crippen LogP contribution in [0.15, 0.2) is 72.8 Å². The molecule has 0 radical (unpaired) electrons. The Bertz CT molecular complexity index is 2260. The van der Waals surface area contributed by atoms with E-state index in [0.717, 1.165) is 74.8 Å². The van der Waals surface area contributed by atoms with E-state index in [9.17, 15) is 19.8 Å². The lowest BCUT2D eigenvalue weighted by Gasteiger charge is -2.51. The van der Waals surface area contributed by atoms with Crippen LogP contribution in [0.25, 0.3) is 11.3 Å². The van der Waals surface area contributed by atoms with Gasteiger partial charge in [-0.15, -0.1) is 10.2 Å². The van der Waals surface area contributed by atoms with Crippen molar-refractivity contribution in [3.8, 4) is 22.8 Å². The fraction of sp³-hybridized carbons (Fsp3) is 0.478. The molecular formula is C46H55N9O6. The minimum absolute atomic E-state index is 0.0913. The van der Waals surface area contributed by atoms with Crippen LogP contribution in [-0.2, 0) is 20.7 Å². The smallest absolute Gasteiger partial charge is 0.249 e. The molecule has 5 saturated heterocycles. The van der Waals surface area contributed by atoms with E-state index < -0.39 is 5.60 Å². The zero-order valence-corrected chi connectivity index (χ0v) is 34.5. The van der Waals surface area contributed by atoms with E-state index in [0.29, 0.717) is 75.6 Å². The van der Waals surface area contributed by atoms with Crippen molar-refractivity contribution in [1.29, 1.82) is 0 Å². The normalized spacial score (nSPS) is 24.4. The molecule has 1 aromatic heterocycles. The number of hydrogen-bond acceptors (Lipinski definition) is 14. The van der Waals surface area contributed by atoms with E-state index in [2.05, 4.69) is 76.4 Å². The highest BCUT2D eigenvalue weighted by molar-refractivity contribution is 6.02. The van der Waals surface area contributed by atoms with Crippen molar-refractivity contribution in [3.63, 3.8) is 0 Å². The highest BCUT2D eigenvalue weighted by Crippen LogP contribution is 2.41. The van der Waals surface area contributed by atoms with E-state index in [1.165, 1.54) is 11.3 Å². The van der Waals surface area contributed by atoms with E-state index in [1.54, 1.807) is 12.1 Å². The molecule has 3 atom stereocenters. The second-order valence-electron chi connectivity index (χ2n) is 17.7. The van der Waals surface area contributed by atoms with E-state index in [4.69, 9.17) is 15.2 Å². The van der Waals surface area contributed by atoms with Crippen LogP contribution in [0.5, 0.6) is 11.5 Å². The number of β-amino-alcohol motifs (C(OH)–C–C–N with tert-alkyl or cyclic N) is 1. The van der Waals surface area contributed by atoms with Gasteiger partial charge in [0, 0.05) is 93.0 Å².